The van der Waals surface area contributed by atoms with Crippen LogP contribution in [0.5, 0.6) is 11.5 Å². The first kappa shape index (κ1) is 17.4. The third-order valence-electron chi connectivity index (χ3n) is 4.25. The molecule has 0 saturated carbocycles. The Labute approximate surface area is 159 Å². The second kappa shape index (κ2) is 6.96. The summed E-state index contributed by atoms with van der Waals surface area (Å²) in [4.78, 5) is 24.9. The number of aryl methyl sites for hydroxylation is 1. The number of ether oxygens (including phenoxy) is 3. The lowest BCUT2D eigenvalue weighted by Gasteiger charge is -2.05. The number of nitriles is 1. The molecule has 0 unspecified atom stereocenters. The van der Waals surface area contributed by atoms with E-state index in [4.69, 9.17) is 18.6 Å². The number of carbonyl (C=O) groups is 2. The van der Waals surface area contributed by atoms with Crippen molar-refractivity contribution in [2.24, 2.45) is 0 Å². The zero-order valence-electron chi connectivity index (χ0n) is 14.8. The molecule has 0 fully saturated rings. The van der Waals surface area contributed by atoms with Crippen LogP contribution in [0.25, 0.3) is 5.88 Å². The van der Waals surface area contributed by atoms with Crippen LogP contribution in [0.2, 0.25) is 0 Å². The highest BCUT2D eigenvalue weighted by atomic mass is 16.7. The summed E-state index contributed by atoms with van der Waals surface area (Å²) in [7, 11) is 0. The Bertz CT molecular complexity index is 1100. The van der Waals surface area contributed by atoms with Crippen LogP contribution in [0.3, 0.4) is 0 Å². The molecule has 0 N–H and O–H groups in total. The Kier molecular flexibility index (Phi) is 4.33. The summed E-state index contributed by atoms with van der Waals surface area (Å²) >= 11 is 0. The highest BCUT2D eigenvalue weighted by Gasteiger charge is 2.26. The van der Waals surface area contributed by atoms with Crippen LogP contribution in [0.1, 0.15) is 32.0 Å². The molecule has 0 amide bonds. The molecule has 28 heavy (non-hydrogen) atoms. The van der Waals surface area contributed by atoms with Gasteiger partial charge in [-0.15, -0.1) is 0 Å². The number of esters is 1. The Morgan fingerprint density at radius 2 is 1.96 bits per heavy atom. The predicted octanol–water partition coefficient (Wildman–Crippen LogP) is 3.02. The zero-order chi connectivity index (χ0) is 19.7. The number of ketones is 1. The lowest BCUT2D eigenvalue weighted by Crippen LogP contribution is -2.15. The molecule has 8 heteroatoms. The summed E-state index contributed by atoms with van der Waals surface area (Å²) in [5.74, 6) is 0.270. The molecule has 1 aliphatic rings. The zero-order valence-corrected chi connectivity index (χ0v) is 14.8. The molecule has 4 rings (SSSR count). The fourth-order valence-electron chi connectivity index (χ4n) is 2.89. The summed E-state index contributed by atoms with van der Waals surface area (Å²) in [6, 6.07) is 10.2. The molecule has 0 saturated heterocycles. The van der Waals surface area contributed by atoms with Crippen LogP contribution in [0.15, 0.2) is 47.1 Å². The van der Waals surface area contributed by atoms with Gasteiger partial charge < -0.3 is 18.6 Å². The van der Waals surface area contributed by atoms with Crippen LogP contribution < -0.4 is 9.47 Å². The van der Waals surface area contributed by atoms with Crippen molar-refractivity contribution in [2.45, 2.75) is 6.92 Å². The van der Waals surface area contributed by atoms with Gasteiger partial charge in [-0.05, 0) is 37.3 Å². The van der Waals surface area contributed by atoms with E-state index in [9.17, 15) is 14.9 Å². The summed E-state index contributed by atoms with van der Waals surface area (Å²) in [5.41, 5.74) is 0.383. The molecule has 1 aliphatic heterocycles. The molecule has 140 valence electrons. The minimum atomic E-state index is -0.801. The molecule has 0 bridgehead atoms. The minimum absolute atomic E-state index is 0.00434. The number of rotatable bonds is 5. The SMILES string of the molecule is Cc1oc(-n2cccc2)c(C#N)c1C(=O)OCC(=O)c1ccc2c(c1)OCO2. The van der Waals surface area contributed by atoms with E-state index < -0.39 is 18.4 Å². The van der Waals surface area contributed by atoms with Gasteiger partial charge in [0.05, 0.1) is 0 Å². The lowest BCUT2D eigenvalue weighted by molar-refractivity contribution is 0.0472. The van der Waals surface area contributed by atoms with E-state index in [2.05, 4.69) is 0 Å². The van der Waals surface area contributed by atoms with Gasteiger partial charge >= 0.3 is 5.97 Å². The number of fused-ring (bicyclic) bond motifs is 1. The third-order valence-corrected chi connectivity index (χ3v) is 4.25. The van der Waals surface area contributed by atoms with Gasteiger partial charge in [0.2, 0.25) is 12.7 Å². The van der Waals surface area contributed by atoms with Crippen LogP contribution in [-0.2, 0) is 4.74 Å². The second-order valence-corrected chi connectivity index (χ2v) is 5.98. The second-order valence-electron chi connectivity index (χ2n) is 5.98. The quantitative estimate of drug-likeness (QED) is 0.496. The number of hydrogen-bond donors (Lipinski definition) is 0. The molecule has 2 aromatic heterocycles. The van der Waals surface area contributed by atoms with E-state index >= 15 is 0 Å². The molecule has 3 heterocycles. The summed E-state index contributed by atoms with van der Waals surface area (Å²) < 4.78 is 22.7. The van der Waals surface area contributed by atoms with Crippen molar-refractivity contribution in [3.05, 3.63) is 65.2 Å². The fourth-order valence-corrected chi connectivity index (χ4v) is 2.89. The van der Waals surface area contributed by atoms with Gasteiger partial charge in [0.25, 0.3) is 0 Å². The van der Waals surface area contributed by atoms with Gasteiger partial charge in [0.1, 0.15) is 23.0 Å². The van der Waals surface area contributed by atoms with Gasteiger partial charge in [0.15, 0.2) is 23.9 Å². The number of benzene rings is 1. The first-order valence-corrected chi connectivity index (χ1v) is 8.35. The van der Waals surface area contributed by atoms with Crippen molar-refractivity contribution < 1.29 is 28.2 Å². The van der Waals surface area contributed by atoms with Gasteiger partial charge in [-0.3, -0.25) is 9.36 Å². The monoisotopic (exact) mass is 378 g/mol. The Hall–Kier alpha value is -3.99. The molecular weight excluding hydrogens is 364 g/mol. The highest BCUT2D eigenvalue weighted by molar-refractivity contribution is 6.00. The van der Waals surface area contributed by atoms with Crippen molar-refractivity contribution in [1.29, 1.82) is 5.26 Å². The van der Waals surface area contributed by atoms with Crippen molar-refractivity contribution in [3.8, 4) is 23.5 Å². The summed E-state index contributed by atoms with van der Waals surface area (Å²) in [6.07, 6.45) is 3.38. The van der Waals surface area contributed by atoms with E-state index in [1.165, 1.54) is 6.07 Å². The smallest absolute Gasteiger partial charge is 0.343 e. The minimum Gasteiger partial charge on any atom is -0.454 e. The van der Waals surface area contributed by atoms with Gasteiger partial charge in [-0.25, -0.2) is 4.79 Å². The maximum absolute atomic E-state index is 12.5. The van der Waals surface area contributed by atoms with Crippen molar-refractivity contribution >= 4 is 11.8 Å². The molecule has 0 atom stereocenters. The maximum atomic E-state index is 12.5. The highest BCUT2D eigenvalue weighted by Crippen LogP contribution is 2.32. The molecular formula is C20H14N2O6. The number of aromatic nitrogens is 1. The molecule has 1 aromatic carbocycles. The number of furan rings is 1. The van der Waals surface area contributed by atoms with Gasteiger partial charge in [0, 0.05) is 18.0 Å². The average molecular weight is 378 g/mol. The van der Waals surface area contributed by atoms with E-state index in [-0.39, 0.29) is 29.6 Å². The van der Waals surface area contributed by atoms with E-state index in [1.807, 2.05) is 6.07 Å². The molecule has 8 nitrogen and oxygen atoms in total. The number of hydrogen-bond acceptors (Lipinski definition) is 7. The van der Waals surface area contributed by atoms with E-state index in [1.54, 1.807) is 48.1 Å². The van der Waals surface area contributed by atoms with Crippen LogP contribution in [0.4, 0.5) is 0 Å². The fraction of sp³-hybridized carbons (Fsp3) is 0.150. The molecule has 3 aromatic rings. The predicted molar refractivity (Wildman–Crippen MR) is 94.7 cm³/mol. The first-order chi connectivity index (χ1) is 13.6. The van der Waals surface area contributed by atoms with E-state index in [0.717, 1.165) is 0 Å². The largest absolute Gasteiger partial charge is 0.454 e. The van der Waals surface area contributed by atoms with Crippen LogP contribution >= 0.6 is 0 Å². The maximum Gasteiger partial charge on any atom is 0.343 e. The Morgan fingerprint density at radius 3 is 2.71 bits per heavy atom. The van der Waals surface area contributed by atoms with Crippen molar-refractivity contribution in [1.82, 2.24) is 4.57 Å². The van der Waals surface area contributed by atoms with Crippen molar-refractivity contribution in [2.75, 3.05) is 13.4 Å². The topological polar surface area (TPSA) is 104 Å². The van der Waals surface area contributed by atoms with Crippen molar-refractivity contribution in [3.63, 3.8) is 0 Å². The molecule has 0 radical (unpaired) electrons. The third kappa shape index (κ3) is 2.99. The number of Topliss-reactive ketones (excluding diaryl/α,β-unsaturated/α-hetero) is 1. The standard InChI is InChI=1S/C20H14N2O6/c1-12-18(14(9-21)19(28-12)22-6-2-3-7-22)20(24)25-10-15(23)13-4-5-16-17(8-13)27-11-26-16/h2-8H,10-11H2,1H3. The van der Waals surface area contributed by atoms with Gasteiger partial charge in [-0.2, -0.15) is 5.26 Å². The summed E-state index contributed by atoms with van der Waals surface area (Å²) in [6.45, 7) is 1.18. The normalized spacial score (nSPS) is 11.9. The first-order valence-electron chi connectivity index (χ1n) is 8.35. The van der Waals surface area contributed by atoms with Crippen LogP contribution in [0, 0.1) is 18.3 Å². The average Bonchev–Trinajstić information content (AvgIpc) is 3.43. The number of carbonyl (C=O) groups excluding carboxylic acids is 2. The Balaban J connectivity index is 1.51. The number of nitrogens with zero attached hydrogens (tertiary/aromatic N) is 2. The Morgan fingerprint density at radius 1 is 1.21 bits per heavy atom. The van der Waals surface area contributed by atoms with Crippen LogP contribution in [-0.4, -0.2) is 29.7 Å². The van der Waals surface area contributed by atoms with Gasteiger partial charge in [-0.1, -0.05) is 0 Å². The molecule has 0 spiro atoms. The summed E-state index contributed by atoms with van der Waals surface area (Å²) in [5, 5.41) is 9.48. The molecule has 0 aliphatic carbocycles. The van der Waals surface area contributed by atoms with E-state index in [0.29, 0.717) is 17.1 Å². The lowest BCUT2D eigenvalue weighted by atomic mass is 10.1.